The lowest BCUT2D eigenvalue weighted by atomic mass is 10.1. The number of aromatic nitrogens is 2. The van der Waals surface area contributed by atoms with Crippen molar-refractivity contribution in [1.82, 2.24) is 9.97 Å². The maximum Gasteiger partial charge on any atom is 0.317 e. The minimum Gasteiger partial charge on any atom is -0.480 e. The number of rotatable bonds is 6. The molecule has 0 radical (unpaired) electrons. The van der Waals surface area contributed by atoms with Crippen LogP contribution >= 0.6 is 11.8 Å². The Hall–Kier alpha value is -2.48. The topological polar surface area (TPSA) is 106 Å². The number of carboxylic acids is 1. The number of thioether (sulfide) groups is 1. The number of carbonyl (C=O) groups is 1. The molecule has 21 heavy (non-hydrogen) atoms. The lowest BCUT2D eigenvalue weighted by Gasteiger charge is -2.10. The standard InChI is InChI=1S/C13H11N3O4S/c17-12(18)11(6-9-4-2-1-3-5-9)21-13-14-7-10(8-15-13)16(19)20/h1-5,7-8,11H,6H2,(H,17,18). The number of benzene rings is 1. The summed E-state index contributed by atoms with van der Waals surface area (Å²) in [6, 6.07) is 9.20. The third-order valence-corrected chi connectivity index (χ3v) is 3.69. The summed E-state index contributed by atoms with van der Waals surface area (Å²) in [4.78, 5) is 28.8. The zero-order chi connectivity index (χ0) is 15.2. The molecule has 1 atom stereocenters. The molecule has 0 fully saturated rings. The van der Waals surface area contributed by atoms with Crippen LogP contribution in [-0.2, 0) is 11.2 Å². The number of hydrogen-bond donors (Lipinski definition) is 1. The van der Waals surface area contributed by atoms with Crippen LogP contribution in [0.5, 0.6) is 0 Å². The quantitative estimate of drug-likeness (QED) is 0.377. The zero-order valence-electron chi connectivity index (χ0n) is 10.7. The fourth-order valence-electron chi connectivity index (χ4n) is 1.60. The highest BCUT2D eigenvalue weighted by molar-refractivity contribution is 8.00. The van der Waals surface area contributed by atoms with Crippen LogP contribution in [0, 0.1) is 10.1 Å². The Kier molecular flexibility index (Phi) is 4.83. The molecular weight excluding hydrogens is 294 g/mol. The third-order valence-electron chi connectivity index (χ3n) is 2.61. The summed E-state index contributed by atoms with van der Waals surface area (Å²) < 4.78 is 0. The molecule has 7 nitrogen and oxygen atoms in total. The van der Waals surface area contributed by atoms with Gasteiger partial charge in [0.1, 0.15) is 17.6 Å². The largest absolute Gasteiger partial charge is 0.480 e. The Morgan fingerprint density at radius 3 is 2.43 bits per heavy atom. The summed E-state index contributed by atoms with van der Waals surface area (Å²) in [5.74, 6) is -0.981. The number of nitro groups is 1. The van der Waals surface area contributed by atoms with Gasteiger partial charge in [0, 0.05) is 0 Å². The van der Waals surface area contributed by atoms with Crippen molar-refractivity contribution in [2.24, 2.45) is 0 Å². The number of carboxylic acid groups (broad SMARTS) is 1. The van der Waals surface area contributed by atoms with Gasteiger partial charge in [0.25, 0.3) is 0 Å². The first-order valence-electron chi connectivity index (χ1n) is 5.96. The number of aliphatic carboxylic acids is 1. The van der Waals surface area contributed by atoms with Crippen molar-refractivity contribution < 1.29 is 14.8 Å². The second kappa shape index (κ2) is 6.80. The number of hydrogen-bond acceptors (Lipinski definition) is 6. The minimum atomic E-state index is -0.981. The van der Waals surface area contributed by atoms with Gasteiger partial charge in [-0.1, -0.05) is 42.1 Å². The van der Waals surface area contributed by atoms with E-state index in [1.54, 1.807) is 0 Å². The van der Waals surface area contributed by atoms with Crippen molar-refractivity contribution in [1.29, 1.82) is 0 Å². The second-order valence-electron chi connectivity index (χ2n) is 4.12. The Bertz CT molecular complexity index is 634. The van der Waals surface area contributed by atoms with Gasteiger partial charge in [0.05, 0.1) is 4.92 Å². The molecule has 1 aromatic carbocycles. The molecule has 0 aliphatic rings. The molecule has 108 valence electrons. The van der Waals surface area contributed by atoms with Crippen LogP contribution < -0.4 is 0 Å². The van der Waals surface area contributed by atoms with Crippen LogP contribution in [0.15, 0.2) is 47.9 Å². The normalized spacial score (nSPS) is 11.8. The Labute approximate surface area is 124 Å². The van der Waals surface area contributed by atoms with Gasteiger partial charge in [0.2, 0.25) is 0 Å². The fourth-order valence-corrected chi connectivity index (χ4v) is 2.46. The van der Waals surface area contributed by atoms with E-state index in [2.05, 4.69) is 9.97 Å². The van der Waals surface area contributed by atoms with Gasteiger partial charge < -0.3 is 5.11 Å². The van der Waals surface area contributed by atoms with Gasteiger partial charge >= 0.3 is 11.7 Å². The molecule has 1 unspecified atom stereocenters. The van der Waals surface area contributed by atoms with E-state index in [9.17, 15) is 20.0 Å². The molecule has 0 saturated heterocycles. The summed E-state index contributed by atoms with van der Waals surface area (Å²) in [7, 11) is 0. The summed E-state index contributed by atoms with van der Waals surface area (Å²) >= 11 is 0.968. The van der Waals surface area contributed by atoms with Crippen LogP contribution in [0.3, 0.4) is 0 Å². The molecule has 0 aliphatic carbocycles. The van der Waals surface area contributed by atoms with E-state index in [-0.39, 0.29) is 10.8 Å². The lowest BCUT2D eigenvalue weighted by molar-refractivity contribution is -0.385. The highest BCUT2D eigenvalue weighted by Crippen LogP contribution is 2.23. The summed E-state index contributed by atoms with van der Waals surface area (Å²) in [6.07, 6.45) is 2.45. The van der Waals surface area contributed by atoms with Crippen molar-refractivity contribution in [3.63, 3.8) is 0 Å². The molecule has 0 saturated carbocycles. The maximum atomic E-state index is 11.3. The van der Waals surface area contributed by atoms with Gasteiger partial charge in [-0.2, -0.15) is 0 Å². The lowest BCUT2D eigenvalue weighted by Crippen LogP contribution is -2.19. The first kappa shape index (κ1) is 14.9. The molecule has 0 aliphatic heterocycles. The van der Waals surface area contributed by atoms with E-state index >= 15 is 0 Å². The molecule has 1 heterocycles. The van der Waals surface area contributed by atoms with Crippen LogP contribution in [-0.4, -0.2) is 31.2 Å². The molecule has 2 aromatic rings. The smallest absolute Gasteiger partial charge is 0.317 e. The van der Waals surface area contributed by atoms with Crippen LogP contribution in [0.2, 0.25) is 0 Å². The Morgan fingerprint density at radius 2 is 1.90 bits per heavy atom. The predicted octanol–water partition coefficient (Wildman–Crippen LogP) is 2.17. The fraction of sp³-hybridized carbons (Fsp3) is 0.154. The molecular formula is C13H11N3O4S. The first-order valence-corrected chi connectivity index (χ1v) is 6.84. The molecule has 1 aromatic heterocycles. The second-order valence-corrected chi connectivity index (χ2v) is 5.29. The SMILES string of the molecule is O=C(O)C(Cc1ccccc1)Sc1ncc([N+](=O)[O-])cn1. The highest BCUT2D eigenvalue weighted by Gasteiger charge is 2.21. The molecule has 2 rings (SSSR count). The van der Waals surface area contributed by atoms with Crippen molar-refractivity contribution in [2.75, 3.05) is 0 Å². The van der Waals surface area contributed by atoms with E-state index in [1.807, 2.05) is 30.3 Å². The van der Waals surface area contributed by atoms with E-state index in [0.29, 0.717) is 6.42 Å². The average Bonchev–Trinajstić information content (AvgIpc) is 2.48. The monoisotopic (exact) mass is 305 g/mol. The van der Waals surface area contributed by atoms with Gasteiger partial charge in [-0.3, -0.25) is 14.9 Å². The Balaban J connectivity index is 2.09. The molecule has 1 N–H and O–H groups in total. The number of nitrogens with zero attached hydrogens (tertiary/aromatic N) is 3. The third kappa shape index (κ3) is 4.25. The summed E-state index contributed by atoms with van der Waals surface area (Å²) in [5.41, 5.74) is 0.661. The van der Waals surface area contributed by atoms with E-state index in [1.165, 1.54) is 0 Å². The van der Waals surface area contributed by atoms with Crippen LogP contribution in [0.1, 0.15) is 5.56 Å². The molecule has 0 spiro atoms. The van der Waals surface area contributed by atoms with Crippen LogP contribution in [0.25, 0.3) is 0 Å². The van der Waals surface area contributed by atoms with Gasteiger partial charge in [-0.15, -0.1) is 0 Å². The van der Waals surface area contributed by atoms with E-state index in [4.69, 9.17) is 0 Å². The maximum absolute atomic E-state index is 11.3. The van der Waals surface area contributed by atoms with Crippen LogP contribution in [0.4, 0.5) is 5.69 Å². The van der Waals surface area contributed by atoms with Gasteiger partial charge in [0.15, 0.2) is 5.16 Å². The Morgan fingerprint density at radius 1 is 1.29 bits per heavy atom. The van der Waals surface area contributed by atoms with E-state index < -0.39 is 16.1 Å². The van der Waals surface area contributed by atoms with Crippen molar-refractivity contribution in [3.8, 4) is 0 Å². The summed E-state index contributed by atoms with van der Waals surface area (Å²) in [5, 5.41) is 19.2. The molecule has 0 amide bonds. The van der Waals surface area contributed by atoms with E-state index in [0.717, 1.165) is 29.7 Å². The molecule has 0 bridgehead atoms. The minimum absolute atomic E-state index is 0.198. The highest BCUT2D eigenvalue weighted by atomic mass is 32.2. The van der Waals surface area contributed by atoms with Crippen molar-refractivity contribution in [2.45, 2.75) is 16.8 Å². The van der Waals surface area contributed by atoms with Crippen molar-refractivity contribution >= 4 is 23.4 Å². The predicted molar refractivity (Wildman–Crippen MR) is 76.1 cm³/mol. The zero-order valence-corrected chi connectivity index (χ0v) is 11.6. The first-order chi connectivity index (χ1) is 10.1. The van der Waals surface area contributed by atoms with Gasteiger partial charge in [-0.05, 0) is 12.0 Å². The molecule has 8 heteroatoms. The van der Waals surface area contributed by atoms with Gasteiger partial charge in [-0.25, -0.2) is 9.97 Å². The average molecular weight is 305 g/mol. The van der Waals surface area contributed by atoms with Crippen molar-refractivity contribution in [3.05, 3.63) is 58.4 Å². The summed E-state index contributed by atoms with van der Waals surface area (Å²) in [6.45, 7) is 0.